The van der Waals surface area contributed by atoms with Gasteiger partial charge in [-0.25, -0.2) is 0 Å². The Morgan fingerprint density at radius 3 is 2.26 bits per heavy atom. The van der Waals surface area contributed by atoms with Crippen molar-refractivity contribution in [3.05, 3.63) is 28.8 Å². The molecule has 2 amide bonds. The van der Waals surface area contributed by atoms with E-state index >= 15 is 0 Å². The lowest BCUT2D eigenvalue weighted by atomic mass is 10.1. The highest BCUT2D eigenvalue weighted by Crippen LogP contribution is 2.28. The molecule has 1 fully saturated rings. The number of anilines is 1. The zero-order chi connectivity index (χ0) is 14.0. The lowest BCUT2D eigenvalue weighted by molar-refractivity contribution is -0.125. The van der Waals surface area contributed by atoms with E-state index in [1.54, 1.807) is 0 Å². The summed E-state index contributed by atoms with van der Waals surface area (Å²) < 4.78 is 0. The first-order valence-electron chi connectivity index (χ1n) is 6.63. The highest BCUT2D eigenvalue weighted by atomic mass is 16.2. The average Bonchev–Trinajstić information content (AvgIpc) is 3.14. The van der Waals surface area contributed by atoms with Crippen LogP contribution < -0.4 is 10.6 Å². The molecule has 4 heteroatoms. The van der Waals surface area contributed by atoms with Crippen LogP contribution in [0.15, 0.2) is 12.1 Å². The van der Waals surface area contributed by atoms with E-state index in [4.69, 9.17) is 0 Å². The standard InChI is InChI=1S/C15H20N2O2/c1-9-6-10(2)14(11(3)7-9)17-13(18)8-16-15(19)12-4-5-12/h6-7,12H,4-5,8H2,1-3H3,(H,16,19)(H,17,18). The largest absolute Gasteiger partial charge is 0.347 e. The number of benzene rings is 1. The Morgan fingerprint density at radius 1 is 1.16 bits per heavy atom. The number of hydrogen-bond acceptors (Lipinski definition) is 2. The van der Waals surface area contributed by atoms with Gasteiger partial charge in [0.1, 0.15) is 0 Å². The number of aryl methyl sites for hydroxylation is 3. The Kier molecular flexibility index (Phi) is 3.88. The molecular formula is C15H20N2O2. The molecule has 102 valence electrons. The maximum atomic E-state index is 11.8. The third kappa shape index (κ3) is 3.56. The van der Waals surface area contributed by atoms with Crippen molar-refractivity contribution in [2.45, 2.75) is 33.6 Å². The highest BCUT2D eigenvalue weighted by Gasteiger charge is 2.29. The minimum absolute atomic E-state index is 0.00694. The summed E-state index contributed by atoms with van der Waals surface area (Å²) in [6.45, 7) is 6.01. The fourth-order valence-corrected chi connectivity index (χ4v) is 2.22. The fourth-order valence-electron chi connectivity index (χ4n) is 2.22. The smallest absolute Gasteiger partial charge is 0.243 e. The van der Waals surface area contributed by atoms with Gasteiger partial charge in [0.15, 0.2) is 0 Å². The third-order valence-corrected chi connectivity index (χ3v) is 3.31. The van der Waals surface area contributed by atoms with Crippen molar-refractivity contribution in [2.75, 3.05) is 11.9 Å². The molecular weight excluding hydrogens is 240 g/mol. The van der Waals surface area contributed by atoms with Crippen LogP contribution in [-0.4, -0.2) is 18.4 Å². The normalized spacial score (nSPS) is 14.1. The molecule has 0 aromatic heterocycles. The lowest BCUT2D eigenvalue weighted by Crippen LogP contribution is -2.34. The molecule has 4 nitrogen and oxygen atoms in total. The lowest BCUT2D eigenvalue weighted by Gasteiger charge is -2.13. The molecule has 2 rings (SSSR count). The van der Waals surface area contributed by atoms with Gasteiger partial charge in [0, 0.05) is 11.6 Å². The zero-order valence-corrected chi connectivity index (χ0v) is 11.7. The van der Waals surface area contributed by atoms with Crippen molar-refractivity contribution < 1.29 is 9.59 Å². The second kappa shape index (κ2) is 5.43. The molecule has 0 bridgehead atoms. The van der Waals surface area contributed by atoms with Crippen molar-refractivity contribution in [3.63, 3.8) is 0 Å². The summed E-state index contributed by atoms with van der Waals surface area (Å²) in [5, 5.41) is 5.53. The van der Waals surface area contributed by atoms with E-state index in [0.29, 0.717) is 0 Å². The van der Waals surface area contributed by atoms with E-state index in [9.17, 15) is 9.59 Å². The van der Waals surface area contributed by atoms with E-state index in [-0.39, 0.29) is 24.3 Å². The van der Waals surface area contributed by atoms with Crippen LogP contribution in [0.1, 0.15) is 29.5 Å². The topological polar surface area (TPSA) is 58.2 Å². The summed E-state index contributed by atoms with van der Waals surface area (Å²) in [5.41, 5.74) is 4.10. The summed E-state index contributed by atoms with van der Waals surface area (Å²) in [7, 11) is 0. The molecule has 0 spiro atoms. The number of carbonyl (C=O) groups excluding carboxylic acids is 2. The molecule has 1 aromatic carbocycles. The van der Waals surface area contributed by atoms with Crippen molar-refractivity contribution in [1.29, 1.82) is 0 Å². The minimum Gasteiger partial charge on any atom is -0.347 e. The predicted molar refractivity (Wildman–Crippen MR) is 75.0 cm³/mol. The molecule has 0 unspecified atom stereocenters. The number of amides is 2. The predicted octanol–water partition coefficient (Wildman–Crippen LogP) is 2.08. The van der Waals surface area contributed by atoms with E-state index < -0.39 is 0 Å². The Balaban J connectivity index is 1.93. The molecule has 19 heavy (non-hydrogen) atoms. The number of nitrogens with one attached hydrogen (secondary N) is 2. The van der Waals surface area contributed by atoms with E-state index in [1.165, 1.54) is 5.56 Å². The molecule has 1 aliphatic carbocycles. The van der Waals surface area contributed by atoms with Crippen molar-refractivity contribution in [1.82, 2.24) is 5.32 Å². The molecule has 0 radical (unpaired) electrons. The zero-order valence-electron chi connectivity index (χ0n) is 11.7. The van der Waals surface area contributed by atoms with Gasteiger partial charge in [0.05, 0.1) is 6.54 Å². The van der Waals surface area contributed by atoms with Gasteiger partial charge < -0.3 is 10.6 Å². The molecule has 1 aliphatic rings. The van der Waals surface area contributed by atoms with Crippen LogP contribution in [0.4, 0.5) is 5.69 Å². The van der Waals surface area contributed by atoms with Crippen molar-refractivity contribution in [3.8, 4) is 0 Å². The van der Waals surface area contributed by atoms with Gasteiger partial charge in [-0.1, -0.05) is 17.7 Å². The van der Waals surface area contributed by atoms with Crippen LogP contribution in [0.5, 0.6) is 0 Å². The summed E-state index contributed by atoms with van der Waals surface area (Å²) in [5.74, 6) is -0.0489. The van der Waals surface area contributed by atoms with Crippen LogP contribution in [0.2, 0.25) is 0 Å². The van der Waals surface area contributed by atoms with E-state index in [2.05, 4.69) is 10.6 Å². The molecule has 1 aromatic rings. The Morgan fingerprint density at radius 2 is 1.74 bits per heavy atom. The van der Waals surface area contributed by atoms with Crippen molar-refractivity contribution >= 4 is 17.5 Å². The summed E-state index contributed by atoms with van der Waals surface area (Å²) in [6, 6.07) is 4.07. The SMILES string of the molecule is Cc1cc(C)c(NC(=O)CNC(=O)C2CC2)c(C)c1. The molecule has 0 aliphatic heterocycles. The minimum atomic E-state index is -0.177. The van der Waals surface area contributed by atoms with Gasteiger partial charge in [-0.3, -0.25) is 9.59 Å². The van der Waals surface area contributed by atoms with Gasteiger partial charge in [-0.15, -0.1) is 0 Å². The monoisotopic (exact) mass is 260 g/mol. The van der Waals surface area contributed by atoms with Gasteiger partial charge >= 0.3 is 0 Å². The number of hydrogen-bond donors (Lipinski definition) is 2. The van der Waals surface area contributed by atoms with Crippen LogP contribution in [0.3, 0.4) is 0 Å². The Labute approximate surface area is 113 Å². The van der Waals surface area contributed by atoms with Gasteiger partial charge in [-0.2, -0.15) is 0 Å². The number of carbonyl (C=O) groups is 2. The molecule has 2 N–H and O–H groups in total. The van der Waals surface area contributed by atoms with Crippen molar-refractivity contribution in [2.24, 2.45) is 5.92 Å². The quantitative estimate of drug-likeness (QED) is 0.870. The molecule has 0 heterocycles. The average molecular weight is 260 g/mol. The Hall–Kier alpha value is -1.84. The third-order valence-electron chi connectivity index (χ3n) is 3.31. The van der Waals surface area contributed by atoms with Gasteiger partial charge in [0.2, 0.25) is 11.8 Å². The number of rotatable bonds is 4. The molecule has 0 saturated heterocycles. The maximum absolute atomic E-state index is 11.8. The first-order chi connectivity index (χ1) is 8.97. The molecule has 0 atom stereocenters. The van der Waals surface area contributed by atoms with Gasteiger partial charge in [0.25, 0.3) is 0 Å². The van der Waals surface area contributed by atoms with Gasteiger partial charge in [-0.05, 0) is 44.7 Å². The second-order valence-electron chi connectivity index (χ2n) is 5.31. The van der Waals surface area contributed by atoms with Crippen LogP contribution in [0.25, 0.3) is 0 Å². The summed E-state index contributed by atoms with van der Waals surface area (Å²) in [4.78, 5) is 23.3. The summed E-state index contributed by atoms with van der Waals surface area (Å²) in [6.07, 6.45) is 1.90. The summed E-state index contributed by atoms with van der Waals surface area (Å²) >= 11 is 0. The Bertz CT molecular complexity index is 496. The second-order valence-corrected chi connectivity index (χ2v) is 5.31. The van der Waals surface area contributed by atoms with E-state index in [1.807, 2.05) is 32.9 Å². The first-order valence-corrected chi connectivity index (χ1v) is 6.63. The van der Waals surface area contributed by atoms with Crippen LogP contribution >= 0.6 is 0 Å². The first kappa shape index (κ1) is 13.6. The fraction of sp³-hybridized carbons (Fsp3) is 0.467. The van der Waals surface area contributed by atoms with Crippen LogP contribution in [-0.2, 0) is 9.59 Å². The van der Waals surface area contributed by atoms with Crippen LogP contribution in [0, 0.1) is 26.7 Å². The maximum Gasteiger partial charge on any atom is 0.243 e. The van der Waals surface area contributed by atoms with E-state index in [0.717, 1.165) is 29.7 Å². The highest BCUT2D eigenvalue weighted by molar-refractivity contribution is 5.96. The molecule has 1 saturated carbocycles.